The molecule has 1 N–H and O–H groups in total. The molecular weight excluding hydrogens is 496 g/mol. The number of nitrogens with zero attached hydrogens (tertiary/aromatic N) is 2. The molecule has 0 saturated carbocycles. The standard InChI is InChI=1S/C27H24N2O7S/c1-13-6-7-14(2)18(12-13)21(30)19-20(16-8-10-17(11-9-16)25(33)35-4)29(24(32)22(19)31)27-28-15(3)23(37-27)26(34)36-5/h6-12,20,30H,1-5H3. The van der Waals surface area contributed by atoms with Crippen molar-refractivity contribution in [2.75, 3.05) is 19.1 Å². The van der Waals surface area contributed by atoms with E-state index in [4.69, 9.17) is 9.47 Å². The molecule has 37 heavy (non-hydrogen) atoms. The van der Waals surface area contributed by atoms with E-state index in [2.05, 4.69) is 4.98 Å². The molecule has 1 aliphatic heterocycles. The van der Waals surface area contributed by atoms with Crippen LogP contribution in [0.1, 0.15) is 54.0 Å². The van der Waals surface area contributed by atoms with E-state index < -0.39 is 29.7 Å². The highest BCUT2D eigenvalue weighted by Crippen LogP contribution is 2.44. The lowest BCUT2D eigenvalue weighted by Gasteiger charge is -2.23. The first kappa shape index (κ1) is 25.8. The van der Waals surface area contributed by atoms with Crippen molar-refractivity contribution in [2.24, 2.45) is 0 Å². The third-order valence-electron chi connectivity index (χ3n) is 6.10. The van der Waals surface area contributed by atoms with Gasteiger partial charge in [-0.1, -0.05) is 41.2 Å². The number of aromatic nitrogens is 1. The highest BCUT2D eigenvalue weighted by Gasteiger charge is 2.48. The SMILES string of the molecule is COC(=O)c1ccc(C2C(=C(O)c3cc(C)ccc3C)C(=O)C(=O)N2c2nc(C)c(C(=O)OC)s2)cc1. The van der Waals surface area contributed by atoms with Crippen LogP contribution < -0.4 is 4.90 Å². The van der Waals surface area contributed by atoms with Gasteiger partial charge in [0.2, 0.25) is 0 Å². The van der Waals surface area contributed by atoms with Crippen LogP contribution in [0.2, 0.25) is 0 Å². The molecular formula is C27H24N2O7S. The molecule has 1 atom stereocenters. The van der Waals surface area contributed by atoms with Crippen LogP contribution in [0.3, 0.4) is 0 Å². The van der Waals surface area contributed by atoms with Crippen molar-refractivity contribution in [2.45, 2.75) is 26.8 Å². The third-order valence-corrected chi connectivity index (χ3v) is 7.24. The summed E-state index contributed by atoms with van der Waals surface area (Å²) in [5.74, 6) is -3.29. The number of carbonyl (C=O) groups is 4. The largest absolute Gasteiger partial charge is 0.507 e. The molecule has 0 spiro atoms. The number of anilines is 1. The number of hydrogen-bond acceptors (Lipinski definition) is 9. The summed E-state index contributed by atoms with van der Waals surface area (Å²) < 4.78 is 9.57. The van der Waals surface area contributed by atoms with Crippen LogP contribution in [0, 0.1) is 20.8 Å². The number of esters is 2. The van der Waals surface area contributed by atoms with Gasteiger partial charge in [-0.05, 0) is 50.1 Å². The number of amides is 1. The van der Waals surface area contributed by atoms with Crippen molar-refractivity contribution >= 4 is 45.9 Å². The number of aliphatic hydroxyl groups excluding tert-OH is 1. The van der Waals surface area contributed by atoms with Crippen LogP contribution in [0.15, 0.2) is 48.0 Å². The van der Waals surface area contributed by atoms with Crippen molar-refractivity contribution in [1.29, 1.82) is 0 Å². The number of Topliss-reactive ketones (excluding diaryl/α,β-unsaturated/α-hetero) is 1. The van der Waals surface area contributed by atoms with Crippen molar-refractivity contribution in [3.05, 3.63) is 86.4 Å². The van der Waals surface area contributed by atoms with Gasteiger partial charge in [0.15, 0.2) is 5.13 Å². The summed E-state index contributed by atoms with van der Waals surface area (Å²) in [5, 5.41) is 11.5. The Labute approximate surface area is 217 Å². The van der Waals surface area contributed by atoms with Crippen molar-refractivity contribution in [1.82, 2.24) is 4.98 Å². The summed E-state index contributed by atoms with van der Waals surface area (Å²) in [6.07, 6.45) is 0. The third kappa shape index (κ3) is 4.51. The Kier molecular flexibility index (Phi) is 6.95. The van der Waals surface area contributed by atoms with E-state index in [9.17, 15) is 24.3 Å². The Bertz CT molecular complexity index is 1470. The monoisotopic (exact) mass is 520 g/mol. The van der Waals surface area contributed by atoms with Crippen LogP contribution in [0.25, 0.3) is 5.76 Å². The number of ether oxygens (including phenoxy) is 2. The maximum Gasteiger partial charge on any atom is 0.350 e. The van der Waals surface area contributed by atoms with Gasteiger partial charge in [0, 0.05) is 5.56 Å². The van der Waals surface area contributed by atoms with Gasteiger partial charge in [-0.25, -0.2) is 14.6 Å². The van der Waals surface area contributed by atoms with E-state index >= 15 is 0 Å². The summed E-state index contributed by atoms with van der Waals surface area (Å²) in [6, 6.07) is 10.5. The number of rotatable bonds is 5. The fourth-order valence-corrected chi connectivity index (χ4v) is 5.18. The lowest BCUT2D eigenvalue weighted by atomic mass is 9.93. The van der Waals surface area contributed by atoms with Gasteiger partial charge in [0.25, 0.3) is 5.78 Å². The Morgan fingerprint density at radius 2 is 1.62 bits per heavy atom. The van der Waals surface area contributed by atoms with E-state index in [0.29, 0.717) is 22.4 Å². The number of benzene rings is 2. The predicted octanol–water partition coefficient (Wildman–Crippen LogP) is 4.27. The molecule has 190 valence electrons. The second-order valence-corrected chi connectivity index (χ2v) is 9.48. The van der Waals surface area contributed by atoms with Gasteiger partial charge in [0.05, 0.1) is 37.1 Å². The quantitative estimate of drug-likeness (QED) is 0.229. The van der Waals surface area contributed by atoms with Gasteiger partial charge < -0.3 is 14.6 Å². The fraction of sp³-hybridized carbons (Fsp3) is 0.222. The molecule has 4 rings (SSSR count). The first-order valence-electron chi connectivity index (χ1n) is 11.2. The average Bonchev–Trinajstić information content (AvgIpc) is 3.40. The molecule has 10 heteroatoms. The van der Waals surface area contributed by atoms with E-state index in [1.807, 2.05) is 19.1 Å². The number of thiazole rings is 1. The highest BCUT2D eigenvalue weighted by molar-refractivity contribution is 7.17. The van der Waals surface area contributed by atoms with Crippen LogP contribution in [0.5, 0.6) is 0 Å². The summed E-state index contributed by atoms with van der Waals surface area (Å²) in [4.78, 5) is 56.6. The number of methoxy groups -OCH3 is 2. The van der Waals surface area contributed by atoms with E-state index in [1.54, 1.807) is 32.0 Å². The zero-order valence-electron chi connectivity index (χ0n) is 20.8. The fourth-order valence-electron chi connectivity index (χ4n) is 4.17. The Morgan fingerprint density at radius 1 is 0.973 bits per heavy atom. The molecule has 0 bridgehead atoms. The Balaban J connectivity index is 1.95. The normalized spacial score (nSPS) is 16.7. The van der Waals surface area contributed by atoms with Crippen molar-refractivity contribution < 1.29 is 33.8 Å². The average molecular weight is 521 g/mol. The number of ketones is 1. The zero-order valence-corrected chi connectivity index (χ0v) is 21.6. The Hall–Kier alpha value is -4.31. The minimum Gasteiger partial charge on any atom is -0.507 e. The van der Waals surface area contributed by atoms with Gasteiger partial charge in [-0.2, -0.15) is 0 Å². The molecule has 1 aromatic heterocycles. The molecule has 2 heterocycles. The second kappa shape index (κ2) is 9.98. The van der Waals surface area contributed by atoms with Gasteiger partial charge >= 0.3 is 17.8 Å². The van der Waals surface area contributed by atoms with Crippen LogP contribution in [-0.2, 0) is 19.1 Å². The molecule has 2 aromatic carbocycles. The second-order valence-electron chi connectivity index (χ2n) is 8.50. The minimum atomic E-state index is -1.07. The number of aliphatic hydroxyl groups is 1. The maximum absolute atomic E-state index is 13.4. The van der Waals surface area contributed by atoms with Gasteiger partial charge in [-0.3, -0.25) is 14.5 Å². The van der Waals surface area contributed by atoms with E-state index in [-0.39, 0.29) is 26.9 Å². The van der Waals surface area contributed by atoms with Crippen molar-refractivity contribution in [3.8, 4) is 0 Å². The number of hydrogen-bond donors (Lipinski definition) is 1. The molecule has 1 saturated heterocycles. The summed E-state index contributed by atoms with van der Waals surface area (Å²) in [5.41, 5.74) is 2.92. The van der Waals surface area contributed by atoms with E-state index in [1.165, 1.54) is 26.4 Å². The molecule has 1 amide bonds. The van der Waals surface area contributed by atoms with Crippen LogP contribution in [0.4, 0.5) is 5.13 Å². The molecule has 0 aliphatic carbocycles. The van der Waals surface area contributed by atoms with Gasteiger partial charge in [0.1, 0.15) is 10.6 Å². The maximum atomic E-state index is 13.4. The smallest absolute Gasteiger partial charge is 0.350 e. The molecule has 1 unspecified atom stereocenters. The molecule has 0 radical (unpaired) electrons. The summed E-state index contributed by atoms with van der Waals surface area (Å²) >= 11 is 0.909. The predicted molar refractivity (Wildman–Crippen MR) is 137 cm³/mol. The van der Waals surface area contributed by atoms with Crippen LogP contribution >= 0.6 is 11.3 Å². The van der Waals surface area contributed by atoms with E-state index in [0.717, 1.165) is 21.8 Å². The molecule has 1 aliphatic rings. The highest BCUT2D eigenvalue weighted by atomic mass is 32.1. The Morgan fingerprint density at radius 3 is 2.24 bits per heavy atom. The summed E-state index contributed by atoms with van der Waals surface area (Å²) in [6.45, 7) is 5.24. The van der Waals surface area contributed by atoms with Gasteiger partial charge in [-0.15, -0.1) is 0 Å². The minimum absolute atomic E-state index is 0.0991. The number of aryl methyl sites for hydroxylation is 3. The van der Waals surface area contributed by atoms with Crippen LogP contribution in [-0.4, -0.2) is 47.9 Å². The summed E-state index contributed by atoms with van der Waals surface area (Å²) in [7, 11) is 2.50. The topological polar surface area (TPSA) is 123 Å². The zero-order chi connectivity index (χ0) is 27.0. The molecule has 1 fully saturated rings. The first-order valence-corrected chi connectivity index (χ1v) is 12.0. The van der Waals surface area contributed by atoms with Crippen molar-refractivity contribution in [3.63, 3.8) is 0 Å². The lowest BCUT2D eigenvalue weighted by Crippen LogP contribution is -2.29. The first-order chi connectivity index (χ1) is 17.6. The number of carbonyl (C=O) groups excluding carboxylic acids is 4. The molecule has 3 aromatic rings. The lowest BCUT2D eigenvalue weighted by molar-refractivity contribution is -0.132. The molecule has 9 nitrogen and oxygen atoms in total.